The molecule has 1 aromatic heterocycles. The predicted molar refractivity (Wildman–Crippen MR) is 90.6 cm³/mol. The van der Waals surface area contributed by atoms with E-state index in [9.17, 15) is 4.79 Å². The van der Waals surface area contributed by atoms with Gasteiger partial charge in [0.15, 0.2) is 6.04 Å². The summed E-state index contributed by atoms with van der Waals surface area (Å²) in [4.78, 5) is 12.9. The molecular weight excluding hydrogens is 322 g/mol. The second-order valence-electron chi connectivity index (χ2n) is 5.19. The molecule has 8 nitrogen and oxygen atoms in total. The maximum absolute atomic E-state index is 12.9. The van der Waals surface area contributed by atoms with E-state index in [0.29, 0.717) is 17.2 Å². The van der Waals surface area contributed by atoms with Gasteiger partial charge in [0.2, 0.25) is 0 Å². The third kappa shape index (κ3) is 3.74. The van der Waals surface area contributed by atoms with E-state index in [0.717, 1.165) is 5.56 Å². The van der Waals surface area contributed by atoms with Gasteiger partial charge in [-0.1, -0.05) is 30.3 Å². The van der Waals surface area contributed by atoms with Crippen molar-refractivity contribution in [3.8, 4) is 11.5 Å². The average molecular weight is 339 g/mol. The SMILES string of the molecule is COc1cc(NC(=O)C(c2ccccc2)n2cnnn2)cc(OC)c1. The van der Waals surface area contributed by atoms with E-state index in [1.54, 1.807) is 32.4 Å². The Hall–Kier alpha value is -3.42. The average Bonchev–Trinajstić information content (AvgIpc) is 3.16. The van der Waals surface area contributed by atoms with E-state index >= 15 is 0 Å². The van der Waals surface area contributed by atoms with Crippen LogP contribution in [-0.4, -0.2) is 40.3 Å². The number of methoxy groups -OCH3 is 2. The third-order valence-corrected chi connectivity index (χ3v) is 3.61. The fourth-order valence-corrected chi connectivity index (χ4v) is 2.44. The lowest BCUT2D eigenvalue weighted by Gasteiger charge is -2.17. The zero-order chi connectivity index (χ0) is 17.6. The van der Waals surface area contributed by atoms with Crippen LogP contribution in [-0.2, 0) is 4.79 Å². The minimum atomic E-state index is -0.701. The molecule has 0 saturated heterocycles. The first-order chi connectivity index (χ1) is 12.2. The topological polar surface area (TPSA) is 91.2 Å². The molecule has 3 aromatic rings. The molecule has 0 aliphatic heterocycles. The molecule has 1 amide bonds. The Morgan fingerprint density at radius 2 is 1.76 bits per heavy atom. The first-order valence-corrected chi connectivity index (χ1v) is 7.52. The Kier molecular flexibility index (Phi) is 4.89. The van der Waals surface area contributed by atoms with Crippen LogP contribution in [0.4, 0.5) is 5.69 Å². The molecular formula is C17H17N5O3. The highest BCUT2D eigenvalue weighted by atomic mass is 16.5. The summed E-state index contributed by atoms with van der Waals surface area (Å²) in [5.74, 6) is 0.871. The molecule has 1 unspecified atom stereocenters. The lowest BCUT2D eigenvalue weighted by molar-refractivity contribution is -0.118. The number of carbonyl (C=O) groups excluding carboxylic acids is 1. The van der Waals surface area contributed by atoms with Crippen molar-refractivity contribution in [3.05, 3.63) is 60.4 Å². The fraction of sp³-hybridized carbons (Fsp3) is 0.176. The van der Waals surface area contributed by atoms with Gasteiger partial charge in [-0.3, -0.25) is 4.79 Å². The van der Waals surface area contributed by atoms with Gasteiger partial charge in [-0.15, -0.1) is 5.10 Å². The summed E-state index contributed by atoms with van der Waals surface area (Å²) in [5, 5.41) is 14.0. The molecule has 8 heteroatoms. The zero-order valence-electron chi connectivity index (χ0n) is 13.8. The number of nitrogens with one attached hydrogen (secondary N) is 1. The summed E-state index contributed by atoms with van der Waals surface area (Å²) in [6.07, 6.45) is 1.41. The Balaban J connectivity index is 1.91. The van der Waals surface area contributed by atoms with E-state index in [1.165, 1.54) is 11.0 Å². The summed E-state index contributed by atoms with van der Waals surface area (Å²) in [7, 11) is 3.10. The van der Waals surface area contributed by atoms with E-state index in [2.05, 4.69) is 20.8 Å². The van der Waals surface area contributed by atoms with Gasteiger partial charge in [0.05, 0.1) is 14.2 Å². The van der Waals surface area contributed by atoms with Gasteiger partial charge in [0.1, 0.15) is 17.8 Å². The Morgan fingerprint density at radius 3 is 2.32 bits per heavy atom. The fourth-order valence-electron chi connectivity index (χ4n) is 2.44. The standard InChI is InChI=1S/C17H17N5O3/c1-24-14-8-13(9-15(10-14)25-2)19-17(23)16(22-11-18-20-21-22)12-6-4-3-5-7-12/h3-11,16H,1-2H3,(H,19,23). The van der Waals surface area contributed by atoms with Crippen molar-refractivity contribution in [1.29, 1.82) is 0 Å². The maximum atomic E-state index is 12.9. The van der Waals surface area contributed by atoms with E-state index in [-0.39, 0.29) is 5.91 Å². The number of carbonyl (C=O) groups is 1. The maximum Gasteiger partial charge on any atom is 0.253 e. The van der Waals surface area contributed by atoms with E-state index in [1.807, 2.05) is 30.3 Å². The molecule has 3 rings (SSSR count). The first-order valence-electron chi connectivity index (χ1n) is 7.52. The van der Waals surface area contributed by atoms with Crippen LogP contribution in [0.1, 0.15) is 11.6 Å². The molecule has 25 heavy (non-hydrogen) atoms. The van der Waals surface area contributed by atoms with Crippen LogP contribution in [0.3, 0.4) is 0 Å². The number of nitrogens with zero attached hydrogens (tertiary/aromatic N) is 4. The number of amides is 1. The van der Waals surface area contributed by atoms with E-state index in [4.69, 9.17) is 9.47 Å². The molecule has 0 bridgehead atoms. The summed E-state index contributed by atoms with van der Waals surface area (Å²) < 4.78 is 11.9. The van der Waals surface area contributed by atoms with Gasteiger partial charge in [0.25, 0.3) is 5.91 Å². The van der Waals surface area contributed by atoms with Gasteiger partial charge in [-0.25, -0.2) is 4.68 Å². The molecule has 1 atom stereocenters. The molecule has 1 heterocycles. The Labute approximate surface area is 144 Å². The smallest absolute Gasteiger partial charge is 0.253 e. The van der Waals surface area contributed by atoms with Crippen LogP contribution >= 0.6 is 0 Å². The molecule has 0 saturated carbocycles. The number of hydrogen-bond acceptors (Lipinski definition) is 6. The molecule has 0 fully saturated rings. The largest absolute Gasteiger partial charge is 0.497 e. The lowest BCUT2D eigenvalue weighted by atomic mass is 10.1. The molecule has 128 valence electrons. The highest BCUT2D eigenvalue weighted by Gasteiger charge is 2.24. The van der Waals surface area contributed by atoms with Crippen molar-refractivity contribution in [1.82, 2.24) is 20.2 Å². The zero-order valence-corrected chi connectivity index (χ0v) is 13.8. The minimum Gasteiger partial charge on any atom is -0.497 e. The molecule has 0 aliphatic carbocycles. The van der Waals surface area contributed by atoms with Gasteiger partial charge in [0, 0.05) is 23.9 Å². The third-order valence-electron chi connectivity index (χ3n) is 3.61. The number of rotatable bonds is 6. The Morgan fingerprint density at radius 1 is 1.08 bits per heavy atom. The van der Waals surface area contributed by atoms with Crippen LogP contribution in [0, 0.1) is 0 Å². The highest BCUT2D eigenvalue weighted by molar-refractivity contribution is 5.96. The molecule has 0 spiro atoms. The van der Waals surface area contributed by atoms with Crippen LogP contribution < -0.4 is 14.8 Å². The Bertz CT molecular complexity index is 815. The van der Waals surface area contributed by atoms with Crippen LogP contribution in [0.25, 0.3) is 0 Å². The van der Waals surface area contributed by atoms with Gasteiger partial charge < -0.3 is 14.8 Å². The summed E-state index contributed by atoms with van der Waals surface area (Å²) in [6, 6.07) is 13.7. The number of hydrogen-bond donors (Lipinski definition) is 1. The number of anilines is 1. The summed E-state index contributed by atoms with van der Waals surface area (Å²) >= 11 is 0. The van der Waals surface area contributed by atoms with Crippen molar-refractivity contribution >= 4 is 11.6 Å². The predicted octanol–water partition coefficient (Wildman–Crippen LogP) is 1.92. The van der Waals surface area contributed by atoms with E-state index < -0.39 is 6.04 Å². The monoisotopic (exact) mass is 339 g/mol. The second kappa shape index (κ2) is 7.43. The second-order valence-corrected chi connectivity index (χ2v) is 5.19. The number of aromatic nitrogens is 4. The summed E-state index contributed by atoms with van der Waals surface area (Å²) in [5.41, 5.74) is 1.32. The van der Waals surface area contributed by atoms with Crippen molar-refractivity contribution in [2.45, 2.75) is 6.04 Å². The molecule has 0 radical (unpaired) electrons. The quantitative estimate of drug-likeness (QED) is 0.738. The van der Waals surface area contributed by atoms with Crippen LogP contribution in [0.5, 0.6) is 11.5 Å². The van der Waals surface area contributed by atoms with Gasteiger partial charge in [-0.2, -0.15) is 0 Å². The molecule has 2 aromatic carbocycles. The van der Waals surface area contributed by atoms with Crippen LogP contribution in [0.15, 0.2) is 54.9 Å². The van der Waals surface area contributed by atoms with Crippen LogP contribution in [0.2, 0.25) is 0 Å². The number of tetrazole rings is 1. The number of ether oxygens (including phenoxy) is 2. The molecule has 1 N–H and O–H groups in total. The number of benzene rings is 2. The van der Waals surface area contributed by atoms with Crippen molar-refractivity contribution in [3.63, 3.8) is 0 Å². The van der Waals surface area contributed by atoms with Crippen molar-refractivity contribution in [2.24, 2.45) is 0 Å². The molecule has 0 aliphatic rings. The normalized spacial score (nSPS) is 11.6. The van der Waals surface area contributed by atoms with Gasteiger partial charge in [-0.05, 0) is 16.0 Å². The highest BCUT2D eigenvalue weighted by Crippen LogP contribution is 2.27. The minimum absolute atomic E-state index is 0.284. The van der Waals surface area contributed by atoms with Crippen molar-refractivity contribution < 1.29 is 14.3 Å². The van der Waals surface area contributed by atoms with Crippen molar-refractivity contribution in [2.75, 3.05) is 19.5 Å². The van der Waals surface area contributed by atoms with Gasteiger partial charge >= 0.3 is 0 Å². The summed E-state index contributed by atoms with van der Waals surface area (Å²) in [6.45, 7) is 0. The first kappa shape index (κ1) is 16.4. The lowest BCUT2D eigenvalue weighted by Crippen LogP contribution is -2.27.